The van der Waals surface area contributed by atoms with Gasteiger partial charge in [0.05, 0.1) is 5.71 Å². The Balaban J connectivity index is 2.09. The van der Waals surface area contributed by atoms with E-state index in [0.717, 1.165) is 39.5 Å². The summed E-state index contributed by atoms with van der Waals surface area (Å²) >= 11 is 0. The van der Waals surface area contributed by atoms with Crippen molar-refractivity contribution >= 4 is 5.71 Å². The molecule has 0 unspecified atom stereocenters. The third-order valence-electron chi connectivity index (χ3n) is 4.52. The first kappa shape index (κ1) is 22.5. The molecule has 2 aromatic rings. The van der Waals surface area contributed by atoms with Crippen molar-refractivity contribution in [2.75, 3.05) is 13.7 Å². The maximum atomic E-state index is 6.12. The lowest BCUT2D eigenvalue weighted by Gasteiger charge is -2.21. The van der Waals surface area contributed by atoms with Crippen LogP contribution >= 0.6 is 0 Å². The Kier molecular flexibility index (Phi) is 7.89. The summed E-state index contributed by atoms with van der Waals surface area (Å²) in [6.07, 6.45) is 3.97. The van der Waals surface area contributed by atoms with Crippen molar-refractivity contribution in [1.29, 1.82) is 0 Å². The van der Waals surface area contributed by atoms with Crippen molar-refractivity contribution in [2.24, 2.45) is 10.6 Å². The highest BCUT2D eigenvalue weighted by Crippen LogP contribution is 2.29. The first-order valence-corrected chi connectivity index (χ1v) is 9.95. The Labute approximate surface area is 175 Å². The summed E-state index contributed by atoms with van der Waals surface area (Å²) in [4.78, 5) is 5.04. The minimum absolute atomic E-state index is 0.0982. The van der Waals surface area contributed by atoms with Gasteiger partial charge in [-0.2, -0.15) is 0 Å². The summed E-state index contributed by atoms with van der Waals surface area (Å²) in [5.74, 6) is 1.77. The van der Waals surface area contributed by atoms with E-state index in [1.807, 2.05) is 45.1 Å². The molecule has 2 rings (SSSR count). The molecule has 4 heteroatoms. The molecule has 29 heavy (non-hydrogen) atoms. The predicted octanol–water partition coefficient (Wildman–Crippen LogP) is 6.23. The van der Waals surface area contributed by atoms with Gasteiger partial charge in [0, 0.05) is 5.41 Å². The SMILES string of the molecule is C/C=C/COc1cc(C)c(OCc2ccc(C(=NOC)C(C)(C)C)cc2)c(C)c1. The van der Waals surface area contributed by atoms with Crippen molar-refractivity contribution in [1.82, 2.24) is 0 Å². The largest absolute Gasteiger partial charge is 0.490 e. The summed E-state index contributed by atoms with van der Waals surface area (Å²) in [6.45, 7) is 13.5. The van der Waals surface area contributed by atoms with E-state index in [2.05, 4.69) is 50.2 Å². The molecule has 0 N–H and O–H groups in total. The molecule has 0 aromatic heterocycles. The standard InChI is InChI=1S/C25H33NO3/c1-8-9-14-28-22-15-18(2)23(19(3)16-22)29-17-20-10-12-21(13-11-20)24(26-27-7)25(4,5)6/h8-13,15-16H,14,17H2,1-7H3/b9-8+,26-24?. The Morgan fingerprint density at radius 1 is 1.00 bits per heavy atom. The number of hydrogen-bond acceptors (Lipinski definition) is 4. The van der Waals surface area contributed by atoms with Crippen LogP contribution in [0.1, 0.15) is 49.9 Å². The normalized spacial score (nSPS) is 12.3. The van der Waals surface area contributed by atoms with Gasteiger partial charge >= 0.3 is 0 Å². The lowest BCUT2D eigenvalue weighted by Crippen LogP contribution is -2.21. The van der Waals surface area contributed by atoms with Gasteiger partial charge in [-0.3, -0.25) is 0 Å². The van der Waals surface area contributed by atoms with Gasteiger partial charge in [0.25, 0.3) is 0 Å². The molecule has 0 aliphatic rings. The van der Waals surface area contributed by atoms with Crippen LogP contribution in [-0.2, 0) is 11.4 Å². The molecule has 0 amide bonds. The molecule has 0 radical (unpaired) electrons. The van der Waals surface area contributed by atoms with Crippen LogP contribution in [-0.4, -0.2) is 19.4 Å². The Bertz CT molecular complexity index is 836. The van der Waals surface area contributed by atoms with E-state index in [-0.39, 0.29) is 5.41 Å². The average Bonchev–Trinajstić information content (AvgIpc) is 2.65. The van der Waals surface area contributed by atoms with Crippen LogP contribution in [0.5, 0.6) is 11.5 Å². The fraction of sp³-hybridized carbons (Fsp3) is 0.400. The molecule has 0 heterocycles. The van der Waals surface area contributed by atoms with Crippen LogP contribution < -0.4 is 9.47 Å². The second-order valence-electron chi connectivity index (χ2n) is 8.12. The maximum absolute atomic E-state index is 6.12. The number of nitrogens with zero attached hydrogens (tertiary/aromatic N) is 1. The quantitative estimate of drug-likeness (QED) is 0.302. The number of oxime groups is 1. The predicted molar refractivity (Wildman–Crippen MR) is 120 cm³/mol. The number of aryl methyl sites for hydroxylation is 2. The molecule has 4 nitrogen and oxygen atoms in total. The van der Waals surface area contributed by atoms with Gasteiger partial charge < -0.3 is 14.3 Å². The highest BCUT2D eigenvalue weighted by atomic mass is 16.6. The van der Waals surface area contributed by atoms with Gasteiger partial charge in [-0.05, 0) is 55.2 Å². The van der Waals surface area contributed by atoms with E-state index in [9.17, 15) is 0 Å². The highest BCUT2D eigenvalue weighted by molar-refractivity contribution is 6.03. The van der Waals surface area contributed by atoms with E-state index >= 15 is 0 Å². The number of hydrogen-bond donors (Lipinski definition) is 0. The van der Waals surface area contributed by atoms with Crippen molar-refractivity contribution in [3.63, 3.8) is 0 Å². The molecule has 0 bridgehead atoms. The Morgan fingerprint density at radius 2 is 1.62 bits per heavy atom. The molecule has 2 aromatic carbocycles. The van der Waals surface area contributed by atoms with E-state index in [0.29, 0.717) is 13.2 Å². The zero-order valence-electron chi connectivity index (χ0n) is 18.7. The summed E-state index contributed by atoms with van der Waals surface area (Å²) in [5, 5.41) is 4.22. The van der Waals surface area contributed by atoms with Crippen LogP contribution in [0.15, 0.2) is 53.7 Å². The van der Waals surface area contributed by atoms with Crippen molar-refractivity contribution < 1.29 is 14.3 Å². The lowest BCUT2D eigenvalue weighted by molar-refractivity contribution is 0.209. The van der Waals surface area contributed by atoms with Crippen LogP contribution in [0.4, 0.5) is 0 Å². The summed E-state index contributed by atoms with van der Waals surface area (Å²) < 4.78 is 11.9. The molecule has 156 valence electrons. The molecule has 0 aliphatic carbocycles. The Morgan fingerprint density at radius 3 is 2.14 bits per heavy atom. The number of ether oxygens (including phenoxy) is 2. The second-order valence-corrected chi connectivity index (χ2v) is 8.12. The second kappa shape index (κ2) is 10.1. The zero-order valence-corrected chi connectivity index (χ0v) is 18.7. The molecule has 0 spiro atoms. The number of rotatable bonds is 8. The third-order valence-corrected chi connectivity index (χ3v) is 4.52. The average molecular weight is 396 g/mol. The van der Waals surface area contributed by atoms with Gasteiger partial charge in [0.15, 0.2) is 0 Å². The van der Waals surface area contributed by atoms with Crippen molar-refractivity contribution in [2.45, 2.75) is 48.1 Å². The van der Waals surface area contributed by atoms with Gasteiger partial charge in [-0.25, -0.2) is 0 Å². The fourth-order valence-electron chi connectivity index (χ4n) is 3.09. The molecular weight excluding hydrogens is 362 g/mol. The molecule has 0 fully saturated rings. The summed E-state index contributed by atoms with van der Waals surface area (Å²) in [6, 6.07) is 12.3. The first-order valence-electron chi connectivity index (χ1n) is 9.95. The summed E-state index contributed by atoms with van der Waals surface area (Å²) in [5.41, 5.74) is 5.12. The van der Waals surface area contributed by atoms with Crippen LogP contribution in [0.3, 0.4) is 0 Å². The Hall–Kier alpha value is -2.75. The van der Waals surface area contributed by atoms with Crippen molar-refractivity contribution in [3.05, 3.63) is 70.8 Å². The van der Waals surface area contributed by atoms with Gasteiger partial charge in [-0.15, -0.1) is 0 Å². The highest BCUT2D eigenvalue weighted by Gasteiger charge is 2.21. The lowest BCUT2D eigenvalue weighted by atomic mass is 9.85. The molecule has 0 atom stereocenters. The summed E-state index contributed by atoms with van der Waals surface area (Å²) in [7, 11) is 1.58. The van der Waals surface area contributed by atoms with Crippen LogP contribution in [0.25, 0.3) is 0 Å². The van der Waals surface area contributed by atoms with Gasteiger partial charge in [0.1, 0.15) is 31.8 Å². The van der Waals surface area contributed by atoms with Gasteiger partial charge in [-0.1, -0.05) is 62.3 Å². The zero-order chi connectivity index (χ0) is 21.4. The van der Waals surface area contributed by atoms with E-state index in [1.165, 1.54) is 0 Å². The van der Waals surface area contributed by atoms with Crippen LogP contribution in [0, 0.1) is 19.3 Å². The minimum atomic E-state index is -0.0982. The monoisotopic (exact) mass is 395 g/mol. The molecule has 0 saturated carbocycles. The fourth-order valence-corrected chi connectivity index (χ4v) is 3.09. The molecule has 0 saturated heterocycles. The first-order chi connectivity index (χ1) is 13.8. The van der Waals surface area contributed by atoms with Crippen LogP contribution in [0.2, 0.25) is 0 Å². The maximum Gasteiger partial charge on any atom is 0.125 e. The molecule has 0 aliphatic heterocycles. The van der Waals surface area contributed by atoms with Gasteiger partial charge in [0.2, 0.25) is 0 Å². The smallest absolute Gasteiger partial charge is 0.125 e. The van der Waals surface area contributed by atoms with E-state index in [4.69, 9.17) is 14.3 Å². The van der Waals surface area contributed by atoms with Crippen molar-refractivity contribution in [3.8, 4) is 11.5 Å². The minimum Gasteiger partial charge on any atom is -0.490 e. The number of allylic oxidation sites excluding steroid dienone is 1. The third kappa shape index (κ3) is 6.38. The molecular formula is C25H33NO3. The van der Waals surface area contributed by atoms with E-state index < -0.39 is 0 Å². The number of benzene rings is 2. The van der Waals surface area contributed by atoms with E-state index in [1.54, 1.807) is 7.11 Å². The topological polar surface area (TPSA) is 40.0 Å².